The molecule has 2 aliphatic heterocycles. The van der Waals surface area contributed by atoms with E-state index in [2.05, 4.69) is 62.5 Å². The molecule has 0 radical (unpaired) electrons. The van der Waals surface area contributed by atoms with Crippen LogP contribution in [0.1, 0.15) is 81.9 Å². The number of nitrogens with zero attached hydrogens (tertiary/aromatic N) is 3. The van der Waals surface area contributed by atoms with E-state index >= 15 is 4.79 Å². The van der Waals surface area contributed by atoms with Gasteiger partial charge in [0.25, 0.3) is 0 Å². The maximum Gasteiger partial charge on any atom is 0.226 e. The molecule has 2 N–H and O–H groups in total. The normalized spacial score (nSPS) is 24.9. The Morgan fingerprint density at radius 1 is 0.984 bits per heavy atom. The number of ketones is 1. The number of pyridine rings is 1. The van der Waals surface area contributed by atoms with Crippen LogP contribution < -0.4 is 14.8 Å². The van der Waals surface area contributed by atoms with E-state index < -0.39 is 24.7 Å². The van der Waals surface area contributed by atoms with E-state index in [9.17, 15) is 14.3 Å². The van der Waals surface area contributed by atoms with Gasteiger partial charge < -0.3 is 24.6 Å². The minimum absolute atomic E-state index is 0.000615. The highest BCUT2D eigenvalue weighted by molar-refractivity contribution is 7.59. The number of anilines is 1. The van der Waals surface area contributed by atoms with Crippen LogP contribution in [0, 0.1) is 18.8 Å². The molecule has 1 saturated heterocycles. The second-order valence-corrected chi connectivity index (χ2v) is 21.0. The first kappa shape index (κ1) is 42.8. The first-order valence-corrected chi connectivity index (χ1v) is 24.4. The number of methoxy groups -OCH3 is 1. The number of hydrogen-bond donors (Lipinski definition) is 2. The number of benzene rings is 3. The molecule has 2 fully saturated rings. The minimum Gasteiger partial charge on any atom is -0.497 e. The lowest BCUT2D eigenvalue weighted by molar-refractivity contribution is -0.141. The summed E-state index contributed by atoms with van der Waals surface area (Å²) in [5.41, 5.74) is 5.02. The molecule has 5 aromatic rings. The molecule has 6 atom stereocenters. The number of amides is 1. The molecule has 8 rings (SSSR count). The molecule has 3 aromatic carbocycles. The SMILES string of the molecule is COc1ccc2c(O[C@@H]3C[C@H]4C(=O)C[C@]5(P(=O)(O)Cc6ccccc6)C[C@@H]5/C=C\CCCCCC(Cc5ccc(C)cc5)C(=O)N4C3)cc(-c3csc(NC(C)C)n3)nc2c1. The molecule has 1 saturated carbocycles. The molecule has 3 aliphatic rings. The number of carbonyl (C=O) groups excluding carboxylic acids is 2. The van der Waals surface area contributed by atoms with Crippen LogP contribution in [0.15, 0.2) is 96.4 Å². The Morgan fingerprint density at radius 3 is 2.56 bits per heavy atom. The molecule has 2 aromatic heterocycles. The third-order valence-electron chi connectivity index (χ3n) is 12.6. The first-order valence-electron chi connectivity index (χ1n) is 21.7. The van der Waals surface area contributed by atoms with Crippen LogP contribution in [0.25, 0.3) is 22.3 Å². The van der Waals surface area contributed by atoms with E-state index in [4.69, 9.17) is 19.4 Å². The van der Waals surface area contributed by atoms with Crippen molar-refractivity contribution in [1.29, 1.82) is 0 Å². The predicted molar refractivity (Wildman–Crippen MR) is 244 cm³/mol. The molecule has 1 amide bonds. The molecular weight excluding hydrogens is 804 g/mol. The summed E-state index contributed by atoms with van der Waals surface area (Å²) in [6.45, 7) is 6.40. The van der Waals surface area contributed by atoms with E-state index in [0.717, 1.165) is 52.9 Å². The summed E-state index contributed by atoms with van der Waals surface area (Å²) >= 11 is 1.51. The number of carbonyl (C=O) groups is 2. The zero-order valence-corrected chi connectivity index (χ0v) is 37.3. The molecule has 2 unspecified atom stereocenters. The Hall–Kier alpha value is -4.83. The number of allylic oxidation sites excluding steroid dienone is 2. The number of aryl methyl sites for hydroxylation is 1. The van der Waals surface area contributed by atoms with Gasteiger partial charge in [0.05, 0.1) is 42.2 Å². The molecular formula is C49H57N4O6PS. The summed E-state index contributed by atoms with van der Waals surface area (Å²) < 4.78 is 27.1. The molecule has 61 heavy (non-hydrogen) atoms. The molecule has 1 aliphatic carbocycles. The van der Waals surface area contributed by atoms with Crippen molar-refractivity contribution in [2.45, 2.75) is 108 Å². The number of fused-ring (bicyclic) bond motifs is 3. The fraction of sp³-hybridized carbons (Fsp3) is 0.429. The van der Waals surface area contributed by atoms with Crippen molar-refractivity contribution in [1.82, 2.24) is 14.9 Å². The van der Waals surface area contributed by atoms with Crippen LogP contribution in [0.4, 0.5) is 5.13 Å². The molecule has 0 bridgehead atoms. The lowest BCUT2D eigenvalue weighted by atomic mass is 9.91. The minimum atomic E-state index is -3.89. The number of aromatic nitrogens is 2. The van der Waals surface area contributed by atoms with Gasteiger partial charge in [-0.2, -0.15) is 0 Å². The second-order valence-electron chi connectivity index (χ2n) is 17.6. The number of nitrogens with one attached hydrogen (secondary N) is 1. The third kappa shape index (κ3) is 9.64. The molecule has 4 heterocycles. The van der Waals surface area contributed by atoms with E-state index in [1.165, 1.54) is 11.3 Å². The number of thiazole rings is 1. The number of rotatable bonds is 11. The molecule has 0 spiro atoms. The van der Waals surface area contributed by atoms with Gasteiger partial charge in [0.15, 0.2) is 10.9 Å². The topological polar surface area (TPSA) is 131 Å². The van der Waals surface area contributed by atoms with Crippen LogP contribution in [0.2, 0.25) is 0 Å². The smallest absolute Gasteiger partial charge is 0.226 e. The van der Waals surface area contributed by atoms with Crippen molar-refractivity contribution in [3.8, 4) is 22.9 Å². The first-order chi connectivity index (χ1) is 29.4. The summed E-state index contributed by atoms with van der Waals surface area (Å²) in [7, 11) is -2.27. The van der Waals surface area contributed by atoms with E-state index in [0.29, 0.717) is 47.7 Å². The highest BCUT2D eigenvalue weighted by Gasteiger charge is 2.65. The quantitative estimate of drug-likeness (QED) is 0.0984. The largest absolute Gasteiger partial charge is 0.497 e. The second kappa shape index (κ2) is 18.3. The van der Waals surface area contributed by atoms with Crippen LogP contribution in [0.5, 0.6) is 11.5 Å². The fourth-order valence-corrected chi connectivity index (χ4v) is 12.6. The van der Waals surface area contributed by atoms with E-state index in [1.54, 1.807) is 12.0 Å². The van der Waals surface area contributed by atoms with Crippen molar-refractivity contribution in [2.75, 3.05) is 19.0 Å². The van der Waals surface area contributed by atoms with Gasteiger partial charge in [-0.1, -0.05) is 85.2 Å². The van der Waals surface area contributed by atoms with Crippen molar-refractivity contribution in [3.05, 3.63) is 113 Å². The standard InChI is InChI=1S/C49H57N4O6PS/c1-32(2)50-48-52-43(31-61-48)42-26-46(40-22-21-38(58-4)24-41(40)51-42)59-39-25-44-45(54)28-49(60(56,57)30-35-13-9-8-10-14-35)27-37(49)16-12-7-5-6-11-15-36(47(55)53(44)29-39)23-34-19-17-33(3)18-20-34/h8-10,12-14,16-22,24,26,31-32,36-37,39,44H,5-7,11,15,23,25,27-30H2,1-4H3,(H,50,52)(H,56,57)/b16-12-/t36?,37-,39+,44-,49+/m0/s1. The van der Waals surface area contributed by atoms with Crippen LogP contribution >= 0.6 is 18.7 Å². The Bertz CT molecular complexity index is 2440. The summed E-state index contributed by atoms with van der Waals surface area (Å²) in [5, 5.41) is 5.81. The van der Waals surface area contributed by atoms with Crippen LogP contribution in [-0.2, 0) is 26.7 Å². The Kier molecular flexibility index (Phi) is 12.8. The predicted octanol–water partition coefficient (Wildman–Crippen LogP) is 10.4. The Morgan fingerprint density at radius 2 is 1.79 bits per heavy atom. The van der Waals surface area contributed by atoms with E-state index in [-0.39, 0.29) is 55.1 Å². The summed E-state index contributed by atoms with van der Waals surface area (Å²) in [4.78, 5) is 53.5. The van der Waals surface area contributed by atoms with Gasteiger partial charge in [-0.3, -0.25) is 14.2 Å². The van der Waals surface area contributed by atoms with E-state index in [1.807, 2.05) is 60.0 Å². The summed E-state index contributed by atoms with van der Waals surface area (Å²) in [6.07, 6.45) is 9.29. The van der Waals surface area contributed by atoms with Gasteiger partial charge >= 0.3 is 0 Å². The summed E-state index contributed by atoms with van der Waals surface area (Å²) in [5.74, 6) is 0.466. The van der Waals surface area contributed by atoms with Gasteiger partial charge in [0, 0.05) is 47.7 Å². The van der Waals surface area contributed by atoms with Crippen molar-refractivity contribution < 1.29 is 28.5 Å². The average Bonchev–Trinajstić information content (AvgIpc) is 3.51. The monoisotopic (exact) mass is 860 g/mol. The zero-order valence-electron chi connectivity index (χ0n) is 35.6. The fourth-order valence-electron chi connectivity index (χ4n) is 9.20. The lowest BCUT2D eigenvalue weighted by Gasteiger charge is -2.30. The van der Waals surface area contributed by atoms with Gasteiger partial charge in [0.1, 0.15) is 23.3 Å². The Balaban J connectivity index is 1.15. The van der Waals surface area contributed by atoms with Gasteiger partial charge in [-0.15, -0.1) is 11.3 Å². The number of Topliss-reactive ketones (excluding diaryl/α,β-unsaturated/α-hetero) is 1. The molecule has 320 valence electrons. The summed E-state index contributed by atoms with van der Waals surface area (Å²) in [6, 6.07) is 24.7. The van der Waals surface area contributed by atoms with Crippen LogP contribution in [-0.4, -0.2) is 68.4 Å². The average molecular weight is 861 g/mol. The van der Waals surface area contributed by atoms with Gasteiger partial charge in [-0.25, -0.2) is 9.97 Å². The van der Waals surface area contributed by atoms with Crippen LogP contribution in [0.3, 0.4) is 0 Å². The maximum atomic E-state index is 15.1. The molecule has 12 heteroatoms. The zero-order chi connectivity index (χ0) is 42.7. The maximum absolute atomic E-state index is 15.1. The van der Waals surface area contributed by atoms with Gasteiger partial charge in [-0.05, 0) is 82.1 Å². The van der Waals surface area contributed by atoms with Crippen molar-refractivity contribution >= 4 is 46.4 Å². The molecule has 10 nitrogen and oxygen atoms in total. The number of hydrogen-bond acceptors (Lipinski definition) is 9. The van der Waals surface area contributed by atoms with Crippen molar-refractivity contribution in [3.63, 3.8) is 0 Å². The van der Waals surface area contributed by atoms with Gasteiger partial charge in [0.2, 0.25) is 13.3 Å². The highest BCUT2D eigenvalue weighted by atomic mass is 32.1. The highest BCUT2D eigenvalue weighted by Crippen LogP contribution is 2.74. The number of ether oxygens (including phenoxy) is 2. The van der Waals surface area contributed by atoms with Crippen molar-refractivity contribution in [2.24, 2.45) is 11.8 Å². The third-order valence-corrected chi connectivity index (χ3v) is 16.3. The Labute approximate surface area is 363 Å². The lowest BCUT2D eigenvalue weighted by Crippen LogP contribution is -2.45.